The summed E-state index contributed by atoms with van der Waals surface area (Å²) in [5.41, 5.74) is 1.03. The zero-order valence-corrected chi connectivity index (χ0v) is 16.4. The first-order valence-electron chi connectivity index (χ1n) is 7.01. The molecule has 0 saturated heterocycles. The van der Waals surface area contributed by atoms with Gasteiger partial charge in [-0.15, -0.1) is 24.0 Å². The van der Waals surface area contributed by atoms with Crippen LogP contribution in [0.25, 0.3) is 0 Å². The number of nitrogens with one attached hydrogen (secondary N) is 2. The van der Waals surface area contributed by atoms with Crippen LogP contribution in [0.4, 0.5) is 0 Å². The first-order chi connectivity index (χ1) is 10.2. The zero-order valence-electron chi connectivity index (χ0n) is 13.3. The van der Waals surface area contributed by atoms with Crippen molar-refractivity contribution in [1.82, 2.24) is 10.6 Å². The zero-order chi connectivity index (χ0) is 15.5. The Kier molecular flexibility index (Phi) is 12.6. The van der Waals surface area contributed by atoms with Gasteiger partial charge in [0.15, 0.2) is 5.96 Å². The van der Waals surface area contributed by atoms with Gasteiger partial charge in [0.2, 0.25) is 0 Å². The van der Waals surface area contributed by atoms with E-state index in [1.165, 1.54) is 0 Å². The van der Waals surface area contributed by atoms with Gasteiger partial charge in [-0.2, -0.15) is 0 Å². The second-order valence-electron chi connectivity index (χ2n) is 4.36. The van der Waals surface area contributed by atoms with E-state index in [0.29, 0.717) is 31.3 Å². The lowest BCUT2D eigenvalue weighted by atomic mass is 10.1. The van der Waals surface area contributed by atoms with Gasteiger partial charge >= 0.3 is 0 Å². The van der Waals surface area contributed by atoms with Gasteiger partial charge in [0.05, 0.1) is 12.7 Å². The number of methoxy groups -OCH3 is 1. The van der Waals surface area contributed by atoms with Crippen molar-refractivity contribution in [2.75, 3.05) is 40.5 Å². The third kappa shape index (κ3) is 8.17. The SMILES string of the molecule is CCOCCNC(=NC)NCC(OC)c1cccc(Cl)c1.I. The summed E-state index contributed by atoms with van der Waals surface area (Å²) in [6.45, 7) is 4.65. The fourth-order valence-corrected chi connectivity index (χ4v) is 2.04. The lowest BCUT2D eigenvalue weighted by Gasteiger charge is -2.19. The number of hydrogen-bond acceptors (Lipinski definition) is 3. The average Bonchev–Trinajstić information content (AvgIpc) is 2.50. The molecular weight excluding hydrogens is 417 g/mol. The Labute approximate surface area is 154 Å². The van der Waals surface area contributed by atoms with Gasteiger partial charge < -0.3 is 20.1 Å². The predicted octanol–water partition coefficient (Wildman–Crippen LogP) is 2.85. The smallest absolute Gasteiger partial charge is 0.191 e. The first kappa shape index (κ1) is 21.4. The van der Waals surface area contributed by atoms with Crippen LogP contribution in [0.5, 0.6) is 0 Å². The van der Waals surface area contributed by atoms with Gasteiger partial charge in [0.25, 0.3) is 0 Å². The van der Waals surface area contributed by atoms with Crippen LogP contribution >= 0.6 is 35.6 Å². The molecule has 1 rings (SSSR count). The van der Waals surface area contributed by atoms with E-state index >= 15 is 0 Å². The maximum Gasteiger partial charge on any atom is 0.191 e. The number of benzene rings is 1. The largest absolute Gasteiger partial charge is 0.380 e. The molecule has 1 unspecified atom stereocenters. The summed E-state index contributed by atoms with van der Waals surface area (Å²) in [6, 6.07) is 7.66. The number of hydrogen-bond donors (Lipinski definition) is 2. The molecule has 0 radical (unpaired) electrons. The summed E-state index contributed by atoms with van der Waals surface area (Å²) in [7, 11) is 3.41. The Hall–Kier alpha value is -0.570. The number of ether oxygens (including phenoxy) is 2. The van der Waals surface area contributed by atoms with E-state index in [0.717, 1.165) is 11.5 Å². The quantitative estimate of drug-likeness (QED) is 0.282. The summed E-state index contributed by atoms with van der Waals surface area (Å²) >= 11 is 6.01. The summed E-state index contributed by atoms with van der Waals surface area (Å²) in [5.74, 6) is 0.721. The van der Waals surface area contributed by atoms with E-state index in [4.69, 9.17) is 21.1 Å². The normalized spacial score (nSPS) is 12.5. The molecule has 0 aliphatic heterocycles. The van der Waals surface area contributed by atoms with Gasteiger partial charge in [-0.05, 0) is 24.6 Å². The van der Waals surface area contributed by atoms with E-state index in [2.05, 4.69) is 15.6 Å². The van der Waals surface area contributed by atoms with E-state index in [9.17, 15) is 0 Å². The van der Waals surface area contributed by atoms with E-state index < -0.39 is 0 Å². The minimum atomic E-state index is -0.0888. The molecule has 1 aromatic rings. The highest BCUT2D eigenvalue weighted by atomic mass is 127. The third-order valence-electron chi connectivity index (χ3n) is 2.93. The molecular formula is C15H25ClIN3O2. The molecule has 1 atom stereocenters. The van der Waals surface area contributed by atoms with Gasteiger partial charge in [0, 0.05) is 38.9 Å². The monoisotopic (exact) mass is 441 g/mol. The highest BCUT2D eigenvalue weighted by molar-refractivity contribution is 14.0. The summed E-state index contributed by atoms with van der Waals surface area (Å²) < 4.78 is 10.8. The summed E-state index contributed by atoms with van der Waals surface area (Å²) in [5, 5.41) is 7.11. The maximum atomic E-state index is 6.01. The Morgan fingerprint density at radius 3 is 2.73 bits per heavy atom. The highest BCUT2D eigenvalue weighted by Gasteiger charge is 2.11. The Bertz CT molecular complexity index is 447. The molecule has 0 aliphatic rings. The first-order valence-corrected chi connectivity index (χ1v) is 7.39. The molecule has 22 heavy (non-hydrogen) atoms. The lowest BCUT2D eigenvalue weighted by Crippen LogP contribution is -2.41. The number of nitrogens with zero attached hydrogens (tertiary/aromatic N) is 1. The van der Waals surface area contributed by atoms with E-state index in [1.54, 1.807) is 14.2 Å². The van der Waals surface area contributed by atoms with Crippen LogP contribution in [0.2, 0.25) is 5.02 Å². The molecule has 0 fully saturated rings. The molecule has 0 bridgehead atoms. The second kappa shape index (κ2) is 12.9. The fraction of sp³-hybridized carbons (Fsp3) is 0.533. The summed E-state index contributed by atoms with van der Waals surface area (Å²) in [6.07, 6.45) is -0.0888. The number of aliphatic imine (C=N–C) groups is 1. The number of guanidine groups is 1. The maximum absolute atomic E-state index is 6.01. The van der Waals surface area contributed by atoms with Crippen molar-refractivity contribution in [3.05, 3.63) is 34.9 Å². The van der Waals surface area contributed by atoms with Crippen molar-refractivity contribution in [2.24, 2.45) is 4.99 Å². The Morgan fingerprint density at radius 1 is 1.36 bits per heavy atom. The standard InChI is InChI=1S/C15H24ClN3O2.HI/c1-4-21-9-8-18-15(17-2)19-11-14(20-3)12-6-5-7-13(16)10-12;/h5-7,10,14H,4,8-9,11H2,1-3H3,(H2,17,18,19);1H. The third-order valence-corrected chi connectivity index (χ3v) is 3.16. The van der Waals surface area contributed by atoms with E-state index in [1.807, 2.05) is 31.2 Å². The molecule has 1 aromatic carbocycles. The molecule has 5 nitrogen and oxygen atoms in total. The molecule has 0 aliphatic carbocycles. The number of rotatable bonds is 8. The van der Waals surface area contributed by atoms with Crippen molar-refractivity contribution in [1.29, 1.82) is 0 Å². The minimum absolute atomic E-state index is 0. The minimum Gasteiger partial charge on any atom is -0.380 e. The van der Waals surface area contributed by atoms with Crippen LogP contribution in [0.1, 0.15) is 18.6 Å². The van der Waals surface area contributed by atoms with Crippen molar-refractivity contribution in [3.63, 3.8) is 0 Å². The molecule has 2 N–H and O–H groups in total. The predicted molar refractivity (Wildman–Crippen MR) is 102 cm³/mol. The fourth-order valence-electron chi connectivity index (χ4n) is 1.84. The molecule has 0 amide bonds. The van der Waals surface area contributed by atoms with Gasteiger partial charge in [0.1, 0.15) is 0 Å². The molecule has 126 valence electrons. The highest BCUT2D eigenvalue weighted by Crippen LogP contribution is 2.19. The van der Waals surface area contributed by atoms with Gasteiger partial charge in [-0.3, -0.25) is 4.99 Å². The van der Waals surface area contributed by atoms with Crippen molar-refractivity contribution >= 4 is 41.5 Å². The second-order valence-corrected chi connectivity index (χ2v) is 4.79. The van der Waals surface area contributed by atoms with Crippen LogP contribution in [-0.2, 0) is 9.47 Å². The molecule has 0 spiro atoms. The van der Waals surface area contributed by atoms with Gasteiger partial charge in [-0.1, -0.05) is 23.7 Å². The van der Waals surface area contributed by atoms with Crippen LogP contribution < -0.4 is 10.6 Å². The van der Waals surface area contributed by atoms with Crippen molar-refractivity contribution < 1.29 is 9.47 Å². The Balaban J connectivity index is 0.00000441. The van der Waals surface area contributed by atoms with Gasteiger partial charge in [-0.25, -0.2) is 0 Å². The van der Waals surface area contributed by atoms with Crippen molar-refractivity contribution in [3.8, 4) is 0 Å². The summed E-state index contributed by atoms with van der Waals surface area (Å²) in [4.78, 5) is 4.16. The van der Waals surface area contributed by atoms with Crippen LogP contribution in [0.15, 0.2) is 29.3 Å². The van der Waals surface area contributed by atoms with E-state index in [-0.39, 0.29) is 30.1 Å². The lowest BCUT2D eigenvalue weighted by molar-refractivity contribution is 0.106. The Morgan fingerprint density at radius 2 is 2.14 bits per heavy atom. The molecule has 0 saturated carbocycles. The van der Waals surface area contributed by atoms with Crippen molar-refractivity contribution in [2.45, 2.75) is 13.0 Å². The van der Waals surface area contributed by atoms with Crippen LogP contribution in [0, 0.1) is 0 Å². The molecule has 0 heterocycles. The van der Waals surface area contributed by atoms with Crippen LogP contribution in [0.3, 0.4) is 0 Å². The average molecular weight is 442 g/mol. The molecule has 7 heteroatoms. The van der Waals surface area contributed by atoms with Crippen LogP contribution in [-0.4, -0.2) is 46.4 Å². The topological polar surface area (TPSA) is 54.9 Å². The molecule has 0 aromatic heterocycles. The number of halogens is 2.